The van der Waals surface area contributed by atoms with Crippen LogP contribution >= 0.6 is 11.6 Å². The minimum absolute atomic E-state index is 0.0670. The lowest BCUT2D eigenvalue weighted by molar-refractivity contribution is -0.125. The van der Waals surface area contributed by atoms with Crippen molar-refractivity contribution in [2.24, 2.45) is 0 Å². The van der Waals surface area contributed by atoms with Gasteiger partial charge in [0, 0.05) is 18.2 Å². The summed E-state index contributed by atoms with van der Waals surface area (Å²) in [6.07, 6.45) is 0.888. The molecule has 0 spiro atoms. The molecule has 1 fully saturated rings. The smallest absolute Gasteiger partial charge is 0.235 e. The first kappa shape index (κ1) is 16.9. The van der Waals surface area contributed by atoms with Crippen LogP contribution in [0.1, 0.15) is 18.4 Å². The number of hydrogen-bond donors (Lipinski definition) is 1. The molecule has 6 heteroatoms. The van der Waals surface area contributed by atoms with E-state index in [-0.39, 0.29) is 22.4 Å². The highest BCUT2D eigenvalue weighted by Gasteiger charge is 2.42. The van der Waals surface area contributed by atoms with Gasteiger partial charge >= 0.3 is 0 Å². The van der Waals surface area contributed by atoms with Gasteiger partial charge in [-0.1, -0.05) is 23.7 Å². The first-order valence-corrected chi connectivity index (χ1v) is 7.99. The van der Waals surface area contributed by atoms with E-state index in [4.69, 9.17) is 16.3 Å². The fourth-order valence-corrected chi connectivity index (χ4v) is 3.13. The average molecular weight is 352 g/mol. The quantitative estimate of drug-likeness (QED) is 0.895. The number of halogens is 3. The third-order valence-corrected chi connectivity index (χ3v) is 4.59. The van der Waals surface area contributed by atoms with Gasteiger partial charge in [-0.25, -0.2) is 8.78 Å². The van der Waals surface area contributed by atoms with E-state index < -0.39 is 11.2 Å². The molecule has 0 aromatic heterocycles. The molecule has 1 amide bonds. The number of carbonyl (C=O) groups excluding carboxylic acids is 1. The van der Waals surface area contributed by atoms with Gasteiger partial charge in [0.05, 0.1) is 11.1 Å². The van der Waals surface area contributed by atoms with Crippen LogP contribution in [0.25, 0.3) is 0 Å². The maximum absolute atomic E-state index is 14.0. The lowest BCUT2D eigenvalue weighted by Gasteiger charge is -2.36. The monoisotopic (exact) mass is 351 g/mol. The van der Waals surface area contributed by atoms with E-state index in [1.54, 1.807) is 12.1 Å². The maximum atomic E-state index is 14.0. The molecule has 1 aliphatic heterocycles. The van der Waals surface area contributed by atoms with Crippen LogP contribution < -0.4 is 5.32 Å². The summed E-state index contributed by atoms with van der Waals surface area (Å²) in [7, 11) is 0. The number of amides is 1. The summed E-state index contributed by atoms with van der Waals surface area (Å²) in [6, 6.07) is 9.91. The Hall–Kier alpha value is -1.98. The zero-order chi connectivity index (χ0) is 17.2. The largest absolute Gasteiger partial charge is 0.381 e. The number of anilines is 1. The van der Waals surface area contributed by atoms with Crippen molar-refractivity contribution in [1.82, 2.24) is 0 Å². The summed E-state index contributed by atoms with van der Waals surface area (Å²) in [5.74, 6) is -1.30. The second-order valence-corrected chi connectivity index (χ2v) is 6.22. The molecule has 2 aromatic carbocycles. The van der Waals surface area contributed by atoms with Crippen molar-refractivity contribution >= 4 is 23.2 Å². The fraction of sp³-hybridized carbons (Fsp3) is 0.278. The summed E-state index contributed by atoms with van der Waals surface area (Å²) in [4.78, 5) is 13.0. The van der Waals surface area contributed by atoms with Gasteiger partial charge in [-0.05, 0) is 48.7 Å². The van der Waals surface area contributed by atoms with Crippen LogP contribution in [0.2, 0.25) is 5.02 Å². The zero-order valence-electron chi connectivity index (χ0n) is 12.8. The lowest BCUT2D eigenvalue weighted by Crippen LogP contribution is -2.45. The maximum Gasteiger partial charge on any atom is 0.235 e. The molecule has 0 aliphatic carbocycles. The van der Waals surface area contributed by atoms with Crippen molar-refractivity contribution in [3.8, 4) is 0 Å². The number of nitrogens with one attached hydrogen (secondary N) is 1. The standard InChI is InChI=1S/C18H16ClF2NO2/c19-13-3-6-16(15(21)11-13)22-17(23)18(7-9-24-10-8-18)12-1-4-14(20)5-2-12/h1-6,11H,7-10H2,(H,22,23). The van der Waals surface area contributed by atoms with E-state index >= 15 is 0 Å². The first-order chi connectivity index (χ1) is 11.5. The van der Waals surface area contributed by atoms with Gasteiger partial charge in [0.15, 0.2) is 0 Å². The summed E-state index contributed by atoms with van der Waals surface area (Å²) >= 11 is 5.74. The first-order valence-electron chi connectivity index (χ1n) is 7.61. The molecule has 1 heterocycles. The summed E-state index contributed by atoms with van der Waals surface area (Å²) in [5, 5.41) is 2.89. The molecule has 24 heavy (non-hydrogen) atoms. The Labute approximate surface area is 143 Å². The Bertz CT molecular complexity index is 743. The number of rotatable bonds is 3. The van der Waals surface area contributed by atoms with Crippen LogP contribution in [0.5, 0.6) is 0 Å². The van der Waals surface area contributed by atoms with E-state index in [1.807, 2.05) is 0 Å². The molecule has 1 saturated heterocycles. The molecule has 0 atom stereocenters. The molecule has 3 rings (SSSR count). The number of ether oxygens (including phenoxy) is 1. The van der Waals surface area contributed by atoms with Crippen LogP contribution in [0, 0.1) is 11.6 Å². The highest BCUT2D eigenvalue weighted by atomic mass is 35.5. The minimum Gasteiger partial charge on any atom is -0.381 e. The van der Waals surface area contributed by atoms with Crippen LogP contribution in [-0.4, -0.2) is 19.1 Å². The van der Waals surface area contributed by atoms with Crippen molar-refractivity contribution < 1.29 is 18.3 Å². The van der Waals surface area contributed by atoms with Gasteiger partial charge in [0.2, 0.25) is 5.91 Å². The van der Waals surface area contributed by atoms with E-state index in [0.717, 1.165) is 6.07 Å². The molecule has 126 valence electrons. The predicted molar refractivity (Wildman–Crippen MR) is 88.2 cm³/mol. The van der Waals surface area contributed by atoms with Gasteiger partial charge in [0.1, 0.15) is 11.6 Å². The Morgan fingerprint density at radius 3 is 2.38 bits per heavy atom. The second kappa shape index (κ2) is 6.87. The third kappa shape index (κ3) is 3.28. The minimum atomic E-state index is -0.877. The summed E-state index contributed by atoms with van der Waals surface area (Å²) in [6.45, 7) is 0.821. The van der Waals surface area contributed by atoms with Crippen LogP contribution in [0.15, 0.2) is 42.5 Å². The molecule has 0 unspecified atom stereocenters. The van der Waals surface area contributed by atoms with E-state index in [2.05, 4.69) is 5.32 Å². The fourth-order valence-electron chi connectivity index (χ4n) is 2.97. The van der Waals surface area contributed by atoms with Crippen LogP contribution in [0.3, 0.4) is 0 Å². The molecule has 3 nitrogen and oxygen atoms in total. The molecule has 0 radical (unpaired) electrons. The SMILES string of the molecule is O=C(Nc1ccc(Cl)cc1F)C1(c2ccc(F)cc2)CCOCC1. The van der Waals surface area contributed by atoms with E-state index in [0.29, 0.717) is 31.6 Å². The molecule has 0 saturated carbocycles. The molecule has 1 aliphatic rings. The highest BCUT2D eigenvalue weighted by molar-refractivity contribution is 6.30. The summed E-state index contributed by atoms with van der Waals surface area (Å²) in [5.41, 5.74) is -0.116. The normalized spacial score (nSPS) is 16.6. The molecular formula is C18H16ClF2NO2. The highest BCUT2D eigenvalue weighted by Crippen LogP contribution is 2.36. The Balaban J connectivity index is 1.93. The van der Waals surface area contributed by atoms with Gasteiger partial charge in [0.25, 0.3) is 0 Å². The number of hydrogen-bond acceptors (Lipinski definition) is 2. The zero-order valence-corrected chi connectivity index (χ0v) is 13.6. The molecular weight excluding hydrogens is 336 g/mol. The van der Waals surface area contributed by atoms with Crippen LogP contribution in [0.4, 0.5) is 14.5 Å². The third-order valence-electron chi connectivity index (χ3n) is 4.36. The second-order valence-electron chi connectivity index (χ2n) is 5.78. The van der Waals surface area contributed by atoms with Crippen LogP contribution in [-0.2, 0) is 14.9 Å². The van der Waals surface area contributed by atoms with Gasteiger partial charge in [-0.15, -0.1) is 0 Å². The Kier molecular flexibility index (Phi) is 4.83. The Morgan fingerprint density at radius 1 is 1.08 bits per heavy atom. The van der Waals surface area contributed by atoms with Gasteiger partial charge < -0.3 is 10.1 Å². The lowest BCUT2D eigenvalue weighted by atomic mass is 9.73. The van der Waals surface area contributed by atoms with E-state index in [9.17, 15) is 13.6 Å². The van der Waals surface area contributed by atoms with Crippen molar-refractivity contribution in [2.75, 3.05) is 18.5 Å². The average Bonchev–Trinajstić information content (AvgIpc) is 2.58. The number of benzene rings is 2. The van der Waals surface area contributed by atoms with Crippen molar-refractivity contribution in [2.45, 2.75) is 18.3 Å². The molecule has 2 aromatic rings. The topological polar surface area (TPSA) is 38.3 Å². The van der Waals surface area contributed by atoms with Crippen molar-refractivity contribution in [1.29, 1.82) is 0 Å². The summed E-state index contributed by atoms with van der Waals surface area (Å²) < 4.78 is 32.6. The van der Waals surface area contributed by atoms with Gasteiger partial charge in [-0.3, -0.25) is 4.79 Å². The van der Waals surface area contributed by atoms with Crippen molar-refractivity contribution in [3.63, 3.8) is 0 Å². The Morgan fingerprint density at radius 2 is 1.75 bits per heavy atom. The number of carbonyl (C=O) groups is 1. The predicted octanol–water partition coefficient (Wildman–Crippen LogP) is 4.31. The van der Waals surface area contributed by atoms with Gasteiger partial charge in [-0.2, -0.15) is 0 Å². The van der Waals surface area contributed by atoms with E-state index in [1.165, 1.54) is 24.3 Å². The molecule has 0 bridgehead atoms. The van der Waals surface area contributed by atoms with Crippen molar-refractivity contribution in [3.05, 3.63) is 64.7 Å². The molecule has 1 N–H and O–H groups in total.